The first kappa shape index (κ1) is 16.8. The number of aliphatic hydroxyl groups excluding tert-OH is 1. The summed E-state index contributed by atoms with van der Waals surface area (Å²) in [6.07, 6.45) is 6.22. The van der Waals surface area contributed by atoms with Gasteiger partial charge in [-0.3, -0.25) is 4.90 Å². The molecule has 0 aliphatic carbocycles. The predicted molar refractivity (Wildman–Crippen MR) is 87.5 cm³/mol. The third kappa shape index (κ3) is 5.66. The molecule has 0 fully saturated rings. The van der Waals surface area contributed by atoms with Crippen molar-refractivity contribution < 1.29 is 14.3 Å². The van der Waals surface area contributed by atoms with E-state index in [0.29, 0.717) is 13.1 Å². The molecule has 0 spiro atoms. The summed E-state index contributed by atoms with van der Waals surface area (Å²) < 4.78 is 10.6. The minimum atomic E-state index is -0.579. The molecule has 22 heavy (non-hydrogen) atoms. The lowest BCUT2D eigenvalue weighted by Gasteiger charge is -2.23. The van der Waals surface area contributed by atoms with Gasteiger partial charge in [0.25, 0.3) is 0 Å². The molecule has 0 aliphatic rings. The first-order chi connectivity index (χ1) is 10.7. The molecule has 2 aromatic heterocycles. The highest BCUT2D eigenvalue weighted by Crippen LogP contribution is 2.19. The maximum absolute atomic E-state index is 10.1. The lowest BCUT2D eigenvalue weighted by atomic mass is 10.3. The monoisotopic (exact) mass is 319 g/mol. The zero-order valence-electron chi connectivity index (χ0n) is 12.7. The highest BCUT2D eigenvalue weighted by molar-refractivity contribution is 7.11. The summed E-state index contributed by atoms with van der Waals surface area (Å²) in [7, 11) is 0. The average Bonchev–Trinajstić information content (AvgIpc) is 3.11. The number of hydrogen-bond donors (Lipinski definition) is 1. The molecule has 0 amide bonds. The molecule has 0 saturated heterocycles. The zero-order valence-corrected chi connectivity index (χ0v) is 13.5. The van der Waals surface area contributed by atoms with Crippen LogP contribution in [0.4, 0.5) is 0 Å². The van der Waals surface area contributed by atoms with Gasteiger partial charge >= 0.3 is 0 Å². The summed E-state index contributed by atoms with van der Waals surface area (Å²) >= 11 is 1.77. The molecule has 0 radical (unpaired) electrons. The Labute approximate surface area is 135 Å². The van der Waals surface area contributed by atoms with Crippen molar-refractivity contribution in [1.29, 1.82) is 0 Å². The fourth-order valence-electron chi connectivity index (χ4n) is 2.20. The van der Waals surface area contributed by atoms with Crippen molar-refractivity contribution in [3.05, 3.63) is 46.0 Å². The smallest absolute Gasteiger partial charge is 0.117 e. The van der Waals surface area contributed by atoms with Crippen LogP contribution in [-0.2, 0) is 17.8 Å². The van der Waals surface area contributed by atoms with Gasteiger partial charge in [0.15, 0.2) is 0 Å². The van der Waals surface area contributed by atoms with Gasteiger partial charge in [-0.1, -0.05) is 5.92 Å². The van der Waals surface area contributed by atoms with Crippen molar-refractivity contribution in [3.63, 3.8) is 0 Å². The van der Waals surface area contributed by atoms with Gasteiger partial charge in [0.1, 0.15) is 12.4 Å². The molecular formula is C17H21NO3S. The largest absolute Gasteiger partial charge is 0.468 e. The summed E-state index contributed by atoms with van der Waals surface area (Å²) in [5.41, 5.74) is 0. The molecule has 0 aliphatic heterocycles. The quantitative estimate of drug-likeness (QED) is 0.570. The number of aliphatic hydroxyl groups is 1. The van der Waals surface area contributed by atoms with Gasteiger partial charge in [0, 0.05) is 22.8 Å². The molecular weight excluding hydrogens is 298 g/mol. The topological polar surface area (TPSA) is 45.8 Å². The molecule has 1 N–H and O–H groups in total. The van der Waals surface area contributed by atoms with Gasteiger partial charge in [0.2, 0.25) is 0 Å². The highest BCUT2D eigenvalue weighted by atomic mass is 32.1. The van der Waals surface area contributed by atoms with Crippen molar-refractivity contribution in [1.82, 2.24) is 4.90 Å². The van der Waals surface area contributed by atoms with Gasteiger partial charge in [-0.15, -0.1) is 17.8 Å². The van der Waals surface area contributed by atoms with Crippen LogP contribution in [0.2, 0.25) is 0 Å². The van der Waals surface area contributed by atoms with E-state index < -0.39 is 6.10 Å². The summed E-state index contributed by atoms with van der Waals surface area (Å²) in [6, 6.07) is 8.04. The molecule has 0 aromatic carbocycles. The van der Waals surface area contributed by atoms with E-state index in [1.807, 2.05) is 12.1 Å². The number of nitrogens with zero attached hydrogens (tertiary/aromatic N) is 1. The number of furan rings is 1. The van der Waals surface area contributed by atoms with Crippen molar-refractivity contribution in [2.24, 2.45) is 0 Å². The molecule has 2 aromatic rings. The van der Waals surface area contributed by atoms with Gasteiger partial charge in [-0.2, -0.15) is 0 Å². The Morgan fingerprint density at radius 1 is 1.41 bits per heavy atom. The second kappa shape index (κ2) is 8.76. The number of aryl methyl sites for hydroxylation is 1. The molecule has 118 valence electrons. The van der Waals surface area contributed by atoms with E-state index in [1.165, 1.54) is 9.75 Å². The first-order valence-electron chi connectivity index (χ1n) is 7.16. The van der Waals surface area contributed by atoms with Gasteiger partial charge in [-0.05, 0) is 31.2 Å². The Morgan fingerprint density at radius 3 is 2.91 bits per heavy atom. The van der Waals surface area contributed by atoms with Crippen molar-refractivity contribution in [2.75, 3.05) is 19.8 Å². The van der Waals surface area contributed by atoms with Crippen LogP contribution < -0.4 is 0 Å². The maximum Gasteiger partial charge on any atom is 0.117 e. The fourth-order valence-corrected chi connectivity index (χ4v) is 3.14. The third-order valence-electron chi connectivity index (χ3n) is 3.10. The van der Waals surface area contributed by atoms with Crippen LogP contribution in [0.15, 0.2) is 34.9 Å². The zero-order chi connectivity index (χ0) is 15.8. The Bertz CT molecular complexity index is 585. The van der Waals surface area contributed by atoms with E-state index in [-0.39, 0.29) is 13.2 Å². The number of thiophene rings is 1. The first-order valence-corrected chi connectivity index (χ1v) is 7.98. The molecule has 1 atom stereocenters. The van der Waals surface area contributed by atoms with E-state index >= 15 is 0 Å². The average molecular weight is 319 g/mol. The molecule has 1 unspecified atom stereocenters. The number of hydrogen-bond acceptors (Lipinski definition) is 5. The van der Waals surface area contributed by atoms with Crippen LogP contribution in [0.3, 0.4) is 0 Å². The Balaban J connectivity index is 1.93. The van der Waals surface area contributed by atoms with Crippen LogP contribution in [0.5, 0.6) is 0 Å². The lowest BCUT2D eigenvalue weighted by Crippen LogP contribution is -2.34. The second-order valence-corrected chi connectivity index (χ2v) is 6.51. The van der Waals surface area contributed by atoms with Crippen LogP contribution in [0.25, 0.3) is 0 Å². The van der Waals surface area contributed by atoms with Crippen LogP contribution in [0.1, 0.15) is 15.5 Å². The van der Waals surface area contributed by atoms with E-state index in [4.69, 9.17) is 15.6 Å². The van der Waals surface area contributed by atoms with Crippen LogP contribution in [-0.4, -0.2) is 35.9 Å². The van der Waals surface area contributed by atoms with E-state index in [1.54, 1.807) is 17.6 Å². The van der Waals surface area contributed by atoms with Crippen molar-refractivity contribution in [3.8, 4) is 12.3 Å². The normalized spacial score (nSPS) is 12.5. The van der Waals surface area contributed by atoms with E-state index in [9.17, 15) is 5.11 Å². The minimum absolute atomic E-state index is 0.222. The predicted octanol–water partition coefficient (Wildman–Crippen LogP) is 2.66. The fraction of sp³-hybridized carbons (Fsp3) is 0.412. The van der Waals surface area contributed by atoms with Gasteiger partial charge in [0.05, 0.1) is 25.5 Å². The third-order valence-corrected chi connectivity index (χ3v) is 4.09. The summed E-state index contributed by atoms with van der Waals surface area (Å²) in [6.45, 7) is 4.47. The van der Waals surface area contributed by atoms with Crippen molar-refractivity contribution in [2.45, 2.75) is 26.1 Å². The summed E-state index contributed by atoms with van der Waals surface area (Å²) in [5, 5.41) is 10.1. The molecule has 2 rings (SSSR count). The van der Waals surface area contributed by atoms with Crippen molar-refractivity contribution >= 4 is 11.3 Å². The lowest BCUT2D eigenvalue weighted by molar-refractivity contribution is 0.0232. The van der Waals surface area contributed by atoms with E-state index in [2.05, 4.69) is 29.9 Å². The second-order valence-electron chi connectivity index (χ2n) is 5.13. The number of rotatable bonds is 9. The summed E-state index contributed by atoms with van der Waals surface area (Å²) in [5.74, 6) is 3.27. The Morgan fingerprint density at radius 2 is 2.27 bits per heavy atom. The highest BCUT2D eigenvalue weighted by Gasteiger charge is 2.15. The summed E-state index contributed by atoms with van der Waals surface area (Å²) in [4.78, 5) is 4.69. The molecule has 0 bridgehead atoms. The van der Waals surface area contributed by atoms with Crippen LogP contribution in [0, 0.1) is 19.3 Å². The Kier molecular flexibility index (Phi) is 6.69. The van der Waals surface area contributed by atoms with Gasteiger partial charge < -0.3 is 14.3 Å². The van der Waals surface area contributed by atoms with E-state index in [0.717, 1.165) is 12.3 Å². The molecule has 2 heterocycles. The number of ether oxygens (including phenoxy) is 1. The maximum atomic E-state index is 10.1. The SMILES string of the molecule is C#CCOCC(O)CN(Cc1ccco1)Cc1ccc(C)s1. The number of terminal acetylenes is 1. The van der Waals surface area contributed by atoms with Gasteiger partial charge in [-0.25, -0.2) is 0 Å². The molecule has 0 saturated carbocycles. The molecule has 5 heteroatoms. The minimum Gasteiger partial charge on any atom is -0.468 e. The standard InChI is InChI=1S/C17H21NO3S/c1-3-8-20-13-15(19)10-18(11-16-5-4-9-21-16)12-17-7-6-14(2)22-17/h1,4-7,9,15,19H,8,10-13H2,2H3. The Hall–Kier alpha value is -1.58. The molecule has 4 nitrogen and oxygen atoms in total. The van der Waals surface area contributed by atoms with Crippen LogP contribution >= 0.6 is 11.3 Å².